The second kappa shape index (κ2) is 7.31. The van der Waals surface area contributed by atoms with Crippen molar-refractivity contribution in [1.82, 2.24) is 9.21 Å². The summed E-state index contributed by atoms with van der Waals surface area (Å²) in [6.07, 6.45) is 3.25. The Hall–Kier alpha value is -1.64. The number of primary amides is 1. The normalized spacial score (nSPS) is 24.8. The highest BCUT2D eigenvalue weighted by molar-refractivity contribution is 7.89. The molecular formula is C17H26N4O3S. The van der Waals surface area contributed by atoms with Crippen LogP contribution in [0.1, 0.15) is 26.2 Å². The topological polar surface area (TPSA) is 95.7 Å². The first-order valence-electron chi connectivity index (χ1n) is 8.81. The Balaban J connectivity index is 1.79. The van der Waals surface area contributed by atoms with E-state index in [1.807, 2.05) is 0 Å². The predicted molar refractivity (Wildman–Crippen MR) is 96.8 cm³/mol. The van der Waals surface area contributed by atoms with E-state index in [-0.39, 0.29) is 4.90 Å². The molecule has 3 aliphatic heterocycles. The third-order valence-corrected chi connectivity index (χ3v) is 6.91. The summed E-state index contributed by atoms with van der Waals surface area (Å²) in [4.78, 5) is 13.6. The summed E-state index contributed by atoms with van der Waals surface area (Å²) in [5.41, 5.74) is 5.56. The molecule has 1 aromatic carbocycles. The molecule has 138 valence electrons. The van der Waals surface area contributed by atoms with Crippen molar-refractivity contribution in [2.24, 2.45) is 11.7 Å². The maximum atomic E-state index is 13.1. The molecule has 2 atom stereocenters. The molecule has 3 N–H and O–H groups in total. The largest absolute Gasteiger partial charge is 0.351 e. The van der Waals surface area contributed by atoms with Gasteiger partial charge in [0.05, 0.1) is 4.90 Å². The highest BCUT2D eigenvalue weighted by Gasteiger charge is 2.39. The molecule has 3 fully saturated rings. The number of nitrogens with one attached hydrogen (secondary N) is 1. The molecule has 7 nitrogen and oxygen atoms in total. The lowest BCUT2D eigenvalue weighted by Crippen LogP contribution is -2.44. The molecule has 0 unspecified atom stereocenters. The molecule has 3 aliphatic rings. The van der Waals surface area contributed by atoms with Gasteiger partial charge in [0, 0.05) is 31.4 Å². The van der Waals surface area contributed by atoms with E-state index >= 15 is 0 Å². The summed E-state index contributed by atoms with van der Waals surface area (Å²) in [5, 5.41) is 2.44. The summed E-state index contributed by atoms with van der Waals surface area (Å²) >= 11 is 0. The van der Waals surface area contributed by atoms with Gasteiger partial charge in [-0.3, -0.25) is 4.90 Å². The molecule has 2 bridgehead atoms. The zero-order valence-electron chi connectivity index (χ0n) is 14.5. The van der Waals surface area contributed by atoms with Crippen molar-refractivity contribution in [3.05, 3.63) is 24.3 Å². The Morgan fingerprint density at radius 2 is 1.92 bits per heavy atom. The van der Waals surface area contributed by atoms with Gasteiger partial charge in [-0.2, -0.15) is 4.31 Å². The van der Waals surface area contributed by atoms with Crippen LogP contribution >= 0.6 is 0 Å². The Bertz CT molecular complexity index is 720. The van der Waals surface area contributed by atoms with Crippen LogP contribution in [0.25, 0.3) is 0 Å². The molecule has 3 heterocycles. The van der Waals surface area contributed by atoms with Crippen LogP contribution in [-0.2, 0) is 10.0 Å². The Morgan fingerprint density at radius 3 is 2.56 bits per heavy atom. The van der Waals surface area contributed by atoms with Gasteiger partial charge in [-0.25, -0.2) is 13.2 Å². The van der Waals surface area contributed by atoms with E-state index < -0.39 is 16.1 Å². The van der Waals surface area contributed by atoms with Crippen LogP contribution < -0.4 is 11.1 Å². The fraction of sp³-hybridized carbons (Fsp3) is 0.588. The molecule has 2 amide bonds. The third kappa shape index (κ3) is 3.96. The van der Waals surface area contributed by atoms with Gasteiger partial charge in [-0.15, -0.1) is 0 Å². The lowest BCUT2D eigenvalue weighted by atomic mass is 9.95. The monoisotopic (exact) mass is 366 g/mol. The minimum atomic E-state index is -3.53. The maximum Gasteiger partial charge on any atom is 0.316 e. The molecule has 25 heavy (non-hydrogen) atoms. The van der Waals surface area contributed by atoms with Gasteiger partial charge in [0.1, 0.15) is 0 Å². The smallest absolute Gasteiger partial charge is 0.316 e. The molecule has 4 rings (SSSR count). The second-order valence-electron chi connectivity index (χ2n) is 6.93. The van der Waals surface area contributed by atoms with Gasteiger partial charge in [0.25, 0.3) is 0 Å². The van der Waals surface area contributed by atoms with Crippen molar-refractivity contribution < 1.29 is 13.2 Å². The summed E-state index contributed by atoms with van der Waals surface area (Å²) in [6, 6.07) is 5.81. The number of hydrogen-bond donors (Lipinski definition) is 2. The number of carbonyl (C=O) groups excluding carboxylic acids is 1. The zero-order chi connectivity index (χ0) is 18.0. The minimum Gasteiger partial charge on any atom is -0.351 e. The van der Waals surface area contributed by atoms with Gasteiger partial charge >= 0.3 is 6.03 Å². The molecular weight excluding hydrogens is 340 g/mol. The van der Waals surface area contributed by atoms with Gasteiger partial charge in [-0.1, -0.05) is 6.92 Å². The van der Waals surface area contributed by atoms with Crippen LogP contribution in [0.15, 0.2) is 29.2 Å². The SMILES string of the molecule is CCCN1C[C@H]2CC[C@@H]1CN(S(=O)(=O)c1ccc(NC(N)=O)cc1)C2. The van der Waals surface area contributed by atoms with E-state index in [1.54, 1.807) is 16.4 Å². The van der Waals surface area contributed by atoms with E-state index in [0.717, 1.165) is 32.4 Å². The molecule has 0 saturated carbocycles. The molecule has 1 aromatic rings. The fourth-order valence-corrected chi connectivity index (χ4v) is 5.45. The highest BCUT2D eigenvalue weighted by atomic mass is 32.2. The summed E-state index contributed by atoms with van der Waals surface area (Å²) in [6.45, 7) is 5.32. The zero-order valence-corrected chi connectivity index (χ0v) is 15.3. The number of nitrogens with zero attached hydrogens (tertiary/aromatic N) is 2. The minimum absolute atomic E-state index is 0.255. The number of rotatable bonds is 5. The number of anilines is 1. The number of piperidine rings is 1. The molecule has 0 aromatic heterocycles. The molecule has 8 heteroatoms. The molecule has 0 aliphatic carbocycles. The number of sulfonamides is 1. The van der Waals surface area contributed by atoms with Crippen molar-refractivity contribution in [2.45, 2.75) is 37.1 Å². The van der Waals surface area contributed by atoms with Crippen molar-refractivity contribution >= 4 is 21.7 Å². The van der Waals surface area contributed by atoms with Crippen molar-refractivity contribution in [2.75, 3.05) is 31.5 Å². The van der Waals surface area contributed by atoms with Gasteiger partial charge in [0.2, 0.25) is 10.0 Å². The van der Waals surface area contributed by atoms with Crippen LogP contribution in [0.3, 0.4) is 0 Å². The predicted octanol–water partition coefficient (Wildman–Crippen LogP) is 1.67. The average molecular weight is 366 g/mol. The van der Waals surface area contributed by atoms with Crippen LogP contribution in [0.5, 0.6) is 0 Å². The van der Waals surface area contributed by atoms with Crippen LogP contribution in [-0.4, -0.2) is 55.9 Å². The Labute approximate surface area is 149 Å². The van der Waals surface area contributed by atoms with Crippen molar-refractivity contribution in [3.8, 4) is 0 Å². The lowest BCUT2D eigenvalue weighted by Gasteiger charge is -2.35. The van der Waals surface area contributed by atoms with E-state index in [1.165, 1.54) is 12.1 Å². The van der Waals surface area contributed by atoms with Crippen LogP contribution in [0, 0.1) is 5.92 Å². The lowest BCUT2D eigenvalue weighted by molar-refractivity contribution is 0.133. The van der Waals surface area contributed by atoms with E-state index in [9.17, 15) is 13.2 Å². The number of hydrogen-bond acceptors (Lipinski definition) is 4. The quantitative estimate of drug-likeness (QED) is 0.828. The number of benzene rings is 1. The summed E-state index contributed by atoms with van der Waals surface area (Å²) in [5.74, 6) is 0.399. The standard InChI is InChI=1S/C17H26N4O3S/c1-2-9-20-10-13-3-6-15(20)12-21(11-13)25(23,24)16-7-4-14(5-8-16)19-17(18)22/h4-5,7-8,13,15H,2-3,6,9-12H2,1H3,(H3,18,19,22)/t13-,15-/m1/s1. The van der Waals surface area contributed by atoms with Gasteiger partial charge in [-0.05, 0) is 56.0 Å². The summed E-state index contributed by atoms with van der Waals surface area (Å²) < 4.78 is 27.7. The number of fused-ring (bicyclic) bond motifs is 4. The van der Waals surface area contributed by atoms with Crippen molar-refractivity contribution in [1.29, 1.82) is 0 Å². The number of nitrogens with two attached hydrogens (primary N) is 1. The highest BCUT2D eigenvalue weighted by Crippen LogP contribution is 2.31. The first kappa shape index (κ1) is 18.2. The average Bonchev–Trinajstić information content (AvgIpc) is 2.87. The summed E-state index contributed by atoms with van der Waals surface area (Å²) in [7, 11) is -3.53. The number of carbonyl (C=O) groups is 1. The second-order valence-corrected chi connectivity index (χ2v) is 8.87. The molecule has 0 radical (unpaired) electrons. The van der Waals surface area contributed by atoms with Crippen LogP contribution in [0.4, 0.5) is 10.5 Å². The number of urea groups is 1. The Kier molecular flexibility index (Phi) is 5.31. The van der Waals surface area contributed by atoms with E-state index in [4.69, 9.17) is 5.73 Å². The number of amides is 2. The molecule has 0 spiro atoms. The first-order valence-corrected chi connectivity index (χ1v) is 10.2. The maximum absolute atomic E-state index is 13.1. The third-order valence-electron chi connectivity index (χ3n) is 5.06. The Morgan fingerprint density at radius 1 is 1.20 bits per heavy atom. The van der Waals surface area contributed by atoms with E-state index in [0.29, 0.717) is 30.7 Å². The fourth-order valence-electron chi connectivity index (χ4n) is 3.89. The first-order chi connectivity index (χ1) is 11.9. The van der Waals surface area contributed by atoms with Gasteiger partial charge < -0.3 is 11.1 Å². The van der Waals surface area contributed by atoms with Gasteiger partial charge in [0.15, 0.2) is 0 Å². The van der Waals surface area contributed by atoms with Crippen LogP contribution in [0.2, 0.25) is 0 Å². The molecule has 3 saturated heterocycles. The van der Waals surface area contributed by atoms with E-state index in [2.05, 4.69) is 17.1 Å². The van der Waals surface area contributed by atoms with Crippen molar-refractivity contribution in [3.63, 3.8) is 0 Å².